The molecule has 2 aromatic carbocycles. The van der Waals surface area contributed by atoms with Gasteiger partial charge in [0.05, 0.1) is 36.4 Å². The molecule has 1 fully saturated rings. The normalized spacial score (nSPS) is 18.0. The lowest BCUT2D eigenvalue weighted by Gasteiger charge is -2.29. The van der Waals surface area contributed by atoms with Gasteiger partial charge in [0.2, 0.25) is 5.91 Å². The average Bonchev–Trinajstić information content (AvgIpc) is 3.02. The summed E-state index contributed by atoms with van der Waals surface area (Å²) in [6.45, 7) is 2.48. The second-order valence-corrected chi connectivity index (χ2v) is 8.67. The molecule has 1 N–H and O–H groups in total. The first kappa shape index (κ1) is 19.2. The van der Waals surface area contributed by atoms with Crippen molar-refractivity contribution < 1.29 is 17.9 Å². The molecule has 0 spiro atoms. The number of hydrogen-bond donors (Lipinski definition) is 1. The lowest BCUT2D eigenvalue weighted by Crippen LogP contribution is -2.44. The molecule has 2 aromatic rings. The van der Waals surface area contributed by atoms with E-state index in [2.05, 4.69) is 5.32 Å². The topological polar surface area (TPSA) is 75.7 Å². The van der Waals surface area contributed by atoms with Crippen molar-refractivity contribution in [2.45, 2.75) is 19.4 Å². The zero-order valence-corrected chi connectivity index (χ0v) is 16.1. The summed E-state index contributed by atoms with van der Waals surface area (Å²) < 4.78 is 29.4. The van der Waals surface area contributed by atoms with E-state index < -0.39 is 9.84 Å². The van der Waals surface area contributed by atoms with Gasteiger partial charge in [-0.25, -0.2) is 8.42 Å². The van der Waals surface area contributed by atoms with Crippen LogP contribution in [0.4, 0.5) is 11.4 Å². The molecular formula is C20H24N2O4S. The lowest BCUT2D eigenvalue weighted by molar-refractivity contribution is -0.117. The van der Waals surface area contributed by atoms with E-state index in [-0.39, 0.29) is 30.0 Å². The third-order valence-electron chi connectivity index (χ3n) is 4.49. The average molecular weight is 388 g/mol. The van der Waals surface area contributed by atoms with Gasteiger partial charge in [-0.15, -0.1) is 0 Å². The van der Waals surface area contributed by atoms with Crippen LogP contribution in [0, 0.1) is 0 Å². The number of para-hydroxylation sites is 3. The van der Waals surface area contributed by atoms with Crippen LogP contribution in [-0.2, 0) is 14.6 Å². The standard InChI is InChI=1S/C20H24N2O4S/c1-2-26-19-11-7-6-10-18(19)21-14-20(23)22(16-8-4-3-5-9-16)17-12-13-27(24,25)15-17/h3-11,17,21H,2,12-15H2,1H3/t17-/m1/s1. The Morgan fingerprint density at radius 3 is 2.52 bits per heavy atom. The van der Waals surface area contributed by atoms with Crippen molar-refractivity contribution in [3.05, 3.63) is 54.6 Å². The Hall–Kier alpha value is -2.54. The molecule has 27 heavy (non-hydrogen) atoms. The minimum Gasteiger partial charge on any atom is -0.492 e. The minimum atomic E-state index is -3.10. The van der Waals surface area contributed by atoms with E-state index in [1.165, 1.54) is 0 Å². The number of amides is 1. The Bertz CT molecular complexity index is 884. The molecule has 0 unspecified atom stereocenters. The van der Waals surface area contributed by atoms with Gasteiger partial charge in [0.15, 0.2) is 9.84 Å². The van der Waals surface area contributed by atoms with Crippen molar-refractivity contribution in [1.82, 2.24) is 0 Å². The highest BCUT2D eigenvalue weighted by Crippen LogP contribution is 2.26. The van der Waals surface area contributed by atoms with E-state index in [9.17, 15) is 13.2 Å². The number of ether oxygens (including phenoxy) is 1. The van der Waals surface area contributed by atoms with Crippen LogP contribution in [0.1, 0.15) is 13.3 Å². The van der Waals surface area contributed by atoms with Gasteiger partial charge in [-0.1, -0.05) is 30.3 Å². The lowest BCUT2D eigenvalue weighted by atomic mass is 10.1. The number of anilines is 2. The van der Waals surface area contributed by atoms with Crippen LogP contribution < -0.4 is 15.0 Å². The highest BCUT2D eigenvalue weighted by Gasteiger charge is 2.35. The second kappa shape index (κ2) is 8.43. The fraction of sp³-hybridized carbons (Fsp3) is 0.350. The zero-order chi connectivity index (χ0) is 19.3. The SMILES string of the molecule is CCOc1ccccc1NCC(=O)N(c1ccccc1)[C@@H]1CCS(=O)(=O)C1. The van der Waals surface area contributed by atoms with Gasteiger partial charge < -0.3 is 15.0 Å². The van der Waals surface area contributed by atoms with Crippen molar-refractivity contribution in [3.8, 4) is 5.75 Å². The second-order valence-electron chi connectivity index (χ2n) is 6.44. The number of carbonyl (C=O) groups is 1. The zero-order valence-electron chi connectivity index (χ0n) is 15.3. The first-order valence-electron chi connectivity index (χ1n) is 9.03. The molecule has 7 heteroatoms. The van der Waals surface area contributed by atoms with Gasteiger partial charge in [-0.2, -0.15) is 0 Å². The quantitative estimate of drug-likeness (QED) is 0.789. The smallest absolute Gasteiger partial charge is 0.246 e. The third kappa shape index (κ3) is 4.80. The molecule has 6 nitrogen and oxygen atoms in total. The predicted molar refractivity (Wildman–Crippen MR) is 107 cm³/mol. The van der Waals surface area contributed by atoms with Crippen LogP contribution >= 0.6 is 0 Å². The van der Waals surface area contributed by atoms with Crippen molar-refractivity contribution in [3.63, 3.8) is 0 Å². The first-order chi connectivity index (χ1) is 13.0. The van der Waals surface area contributed by atoms with E-state index in [0.717, 1.165) is 5.69 Å². The number of carbonyl (C=O) groups excluding carboxylic acids is 1. The Morgan fingerprint density at radius 1 is 1.15 bits per heavy atom. The number of hydrogen-bond acceptors (Lipinski definition) is 5. The molecular weight excluding hydrogens is 364 g/mol. The largest absolute Gasteiger partial charge is 0.492 e. The van der Waals surface area contributed by atoms with E-state index in [0.29, 0.717) is 24.5 Å². The van der Waals surface area contributed by atoms with Crippen molar-refractivity contribution in [2.75, 3.05) is 34.9 Å². The summed E-state index contributed by atoms with van der Waals surface area (Å²) in [5.41, 5.74) is 1.45. The van der Waals surface area contributed by atoms with E-state index in [1.54, 1.807) is 4.90 Å². The Balaban J connectivity index is 1.78. The van der Waals surface area contributed by atoms with Crippen LogP contribution in [0.3, 0.4) is 0 Å². The van der Waals surface area contributed by atoms with E-state index in [1.807, 2.05) is 61.5 Å². The van der Waals surface area contributed by atoms with Crippen LogP contribution in [0.2, 0.25) is 0 Å². The molecule has 1 saturated heterocycles. The summed E-state index contributed by atoms with van der Waals surface area (Å²) in [5, 5.41) is 3.13. The van der Waals surface area contributed by atoms with Gasteiger partial charge in [-0.05, 0) is 37.6 Å². The molecule has 0 bridgehead atoms. The monoisotopic (exact) mass is 388 g/mol. The molecule has 1 atom stereocenters. The summed E-state index contributed by atoms with van der Waals surface area (Å²) in [5.74, 6) is 0.634. The van der Waals surface area contributed by atoms with Crippen molar-refractivity contribution in [1.29, 1.82) is 0 Å². The van der Waals surface area contributed by atoms with Crippen LogP contribution in [0.15, 0.2) is 54.6 Å². The summed E-state index contributed by atoms with van der Waals surface area (Å²) in [7, 11) is -3.10. The Labute approximate surface area is 160 Å². The van der Waals surface area contributed by atoms with E-state index in [4.69, 9.17) is 4.74 Å². The molecule has 0 saturated carbocycles. The van der Waals surface area contributed by atoms with Gasteiger partial charge >= 0.3 is 0 Å². The fourth-order valence-corrected chi connectivity index (χ4v) is 4.98. The predicted octanol–water partition coefficient (Wildman–Crippen LogP) is 2.72. The third-order valence-corrected chi connectivity index (χ3v) is 6.24. The molecule has 0 aromatic heterocycles. The molecule has 1 heterocycles. The highest BCUT2D eigenvalue weighted by molar-refractivity contribution is 7.91. The number of nitrogens with zero attached hydrogens (tertiary/aromatic N) is 1. The van der Waals surface area contributed by atoms with Crippen LogP contribution in [0.5, 0.6) is 5.75 Å². The van der Waals surface area contributed by atoms with Gasteiger partial charge in [0.1, 0.15) is 5.75 Å². The maximum absolute atomic E-state index is 13.0. The maximum Gasteiger partial charge on any atom is 0.246 e. The van der Waals surface area contributed by atoms with Gasteiger partial charge in [0, 0.05) is 5.69 Å². The Morgan fingerprint density at radius 2 is 1.85 bits per heavy atom. The fourth-order valence-electron chi connectivity index (χ4n) is 3.28. The molecule has 1 aliphatic rings. The maximum atomic E-state index is 13.0. The van der Waals surface area contributed by atoms with Crippen LogP contribution in [0.25, 0.3) is 0 Å². The summed E-state index contributed by atoms with van der Waals surface area (Å²) in [4.78, 5) is 14.6. The van der Waals surface area contributed by atoms with Crippen LogP contribution in [-0.4, -0.2) is 45.0 Å². The summed E-state index contributed by atoms with van der Waals surface area (Å²) in [6, 6.07) is 16.3. The first-order valence-corrected chi connectivity index (χ1v) is 10.9. The molecule has 1 aliphatic heterocycles. The molecule has 0 radical (unpaired) electrons. The molecule has 144 valence electrons. The Kier molecular flexibility index (Phi) is 6.01. The summed E-state index contributed by atoms with van der Waals surface area (Å²) in [6.07, 6.45) is 0.457. The number of sulfone groups is 1. The van der Waals surface area contributed by atoms with E-state index >= 15 is 0 Å². The molecule has 0 aliphatic carbocycles. The molecule has 1 amide bonds. The van der Waals surface area contributed by atoms with Crippen molar-refractivity contribution >= 4 is 27.1 Å². The minimum absolute atomic E-state index is 0.00314. The highest BCUT2D eigenvalue weighted by atomic mass is 32.2. The number of rotatable bonds is 7. The summed E-state index contributed by atoms with van der Waals surface area (Å²) >= 11 is 0. The number of nitrogens with one attached hydrogen (secondary N) is 1. The van der Waals surface area contributed by atoms with Gasteiger partial charge in [0.25, 0.3) is 0 Å². The van der Waals surface area contributed by atoms with Crippen molar-refractivity contribution in [2.24, 2.45) is 0 Å². The molecule has 3 rings (SSSR count). The van der Waals surface area contributed by atoms with Gasteiger partial charge in [-0.3, -0.25) is 4.79 Å². The number of benzene rings is 2.